The van der Waals surface area contributed by atoms with Crippen molar-refractivity contribution < 1.29 is 34.1 Å². The summed E-state index contributed by atoms with van der Waals surface area (Å²) in [6.07, 6.45) is -0.288. The van der Waals surface area contributed by atoms with Gasteiger partial charge in [0.25, 0.3) is 5.91 Å². The zero-order valence-corrected chi connectivity index (χ0v) is 21.7. The third-order valence-corrected chi connectivity index (χ3v) is 5.57. The van der Waals surface area contributed by atoms with Crippen LogP contribution in [0.5, 0.6) is 11.5 Å². The summed E-state index contributed by atoms with van der Waals surface area (Å²) in [5.74, 6) is -2.46. The minimum absolute atomic E-state index is 0.0394. The molecule has 0 radical (unpaired) electrons. The van der Waals surface area contributed by atoms with Gasteiger partial charge in [-0.3, -0.25) is 15.0 Å². The molecule has 0 bridgehead atoms. The van der Waals surface area contributed by atoms with Crippen molar-refractivity contribution in [2.45, 2.75) is 19.9 Å². The van der Waals surface area contributed by atoms with Crippen molar-refractivity contribution in [1.82, 2.24) is 0 Å². The summed E-state index contributed by atoms with van der Waals surface area (Å²) in [5.41, 5.74) is 7.94. The van der Waals surface area contributed by atoms with Crippen LogP contribution in [0.2, 0.25) is 5.02 Å². The van der Waals surface area contributed by atoms with Gasteiger partial charge in [-0.05, 0) is 67.1 Å². The predicted molar refractivity (Wildman–Crippen MR) is 146 cm³/mol. The van der Waals surface area contributed by atoms with Gasteiger partial charge in [0.1, 0.15) is 5.84 Å². The van der Waals surface area contributed by atoms with Crippen LogP contribution in [0, 0.1) is 5.41 Å². The number of amides is 1. The molecule has 204 valence electrons. The molecule has 0 aliphatic heterocycles. The molecular weight excluding hydrogens is 528 g/mol. The van der Waals surface area contributed by atoms with Crippen molar-refractivity contribution in [3.8, 4) is 11.5 Å². The quantitative estimate of drug-likeness (QED) is 0.134. The second-order valence-corrected chi connectivity index (χ2v) is 8.69. The number of hydrogen-bond donors (Lipinski definition) is 6. The summed E-state index contributed by atoms with van der Waals surface area (Å²) in [7, 11) is 0. The van der Waals surface area contributed by atoms with Crippen LogP contribution in [-0.2, 0) is 22.6 Å². The van der Waals surface area contributed by atoms with Crippen LogP contribution in [0.25, 0.3) is 0 Å². The summed E-state index contributed by atoms with van der Waals surface area (Å²) >= 11 is 6.16. The zero-order chi connectivity index (χ0) is 28.5. The van der Waals surface area contributed by atoms with E-state index in [9.17, 15) is 19.5 Å². The number of nitrogens with one attached hydrogen (secondary N) is 3. The lowest BCUT2D eigenvalue weighted by atomic mass is 10.0. The molecule has 11 nitrogen and oxygen atoms in total. The average molecular weight is 555 g/mol. The van der Waals surface area contributed by atoms with Crippen LogP contribution < -0.4 is 25.8 Å². The van der Waals surface area contributed by atoms with Gasteiger partial charge < -0.3 is 36.1 Å². The highest BCUT2D eigenvalue weighted by Crippen LogP contribution is 2.35. The fraction of sp³-hybridized carbons (Fsp3) is 0.185. The number of ether oxygens (including phenoxy) is 2. The normalized spacial score (nSPS) is 10.4. The van der Waals surface area contributed by atoms with Crippen LogP contribution >= 0.6 is 11.6 Å². The van der Waals surface area contributed by atoms with Crippen LogP contribution in [0.1, 0.15) is 34.0 Å². The number of nitrogens with two attached hydrogens (primary N) is 1. The highest BCUT2D eigenvalue weighted by Gasteiger charge is 2.18. The monoisotopic (exact) mass is 554 g/mol. The molecule has 0 aliphatic carbocycles. The van der Waals surface area contributed by atoms with E-state index in [0.717, 1.165) is 0 Å². The Kier molecular flexibility index (Phi) is 9.71. The summed E-state index contributed by atoms with van der Waals surface area (Å²) in [6.45, 7) is 1.37. The largest absolute Gasteiger partial charge is 0.490 e. The zero-order valence-electron chi connectivity index (χ0n) is 20.9. The lowest BCUT2D eigenvalue weighted by Crippen LogP contribution is -2.16. The number of nitrogen functional groups attached to an aromatic ring is 1. The second kappa shape index (κ2) is 13.2. The van der Waals surface area contributed by atoms with Gasteiger partial charge in [-0.1, -0.05) is 11.6 Å². The number of rotatable bonds is 13. The van der Waals surface area contributed by atoms with E-state index < -0.39 is 24.5 Å². The first kappa shape index (κ1) is 28.8. The van der Waals surface area contributed by atoms with Gasteiger partial charge in [-0.15, -0.1) is 0 Å². The maximum absolute atomic E-state index is 13.1. The molecule has 3 rings (SSSR count). The number of carboxylic acids is 2. The number of carboxylic acid groups (broad SMARTS) is 2. The molecule has 1 amide bonds. The summed E-state index contributed by atoms with van der Waals surface area (Å²) in [4.78, 5) is 35.6. The van der Waals surface area contributed by atoms with Gasteiger partial charge >= 0.3 is 11.9 Å². The van der Waals surface area contributed by atoms with E-state index >= 15 is 0 Å². The Labute approximate surface area is 229 Å². The van der Waals surface area contributed by atoms with E-state index in [-0.39, 0.29) is 42.5 Å². The van der Waals surface area contributed by atoms with E-state index in [2.05, 4.69) is 10.6 Å². The Morgan fingerprint density at radius 1 is 1.00 bits per heavy atom. The smallest absolute Gasteiger partial charge is 0.341 e. The Morgan fingerprint density at radius 2 is 1.72 bits per heavy atom. The van der Waals surface area contributed by atoms with E-state index in [0.29, 0.717) is 33.1 Å². The first-order valence-corrected chi connectivity index (χ1v) is 12.1. The number of carbonyl (C=O) groups excluding carboxylic acids is 1. The Balaban J connectivity index is 1.91. The third-order valence-electron chi connectivity index (χ3n) is 5.34. The first-order valence-electron chi connectivity index (χ1n) is 11.7. The fourth-order valence-electron chi connectivity index (χ4n) is 3.67. The summed E-state index contributed by atoms with van der Waals surface area (Å²) < 4.78 is 11.1. The number of amidine groups is 1. The van der Waals surface area contributed by atoms with E-state index in [1.54, 1.807) is 49.4 Å². The van der Waals surface area contributed by atoms with Gasteiger partial charge in [0, 0.05) is 34.1 Å². The number of halogens is 1. The van der Waals surface area contributed by atoms with Gasteiger partial charge in [0.05, 0.1) is 18.6 Å². The average Bonchev–Trinajstić information content (AvgIpc) is 2.87. The standard InChI is InChI=1S/C27H27ClN4O7/c1-2-38-22-10-15(11-23(33)34)9-17(25(22)39-14-24(35)36)13-31-21-8-5-18(28)12-20(21)27(37)32-19-6-3-16(4-7-19)26(29)30/h3-10,12,31H,2,11,13-14H2,1H3,(H3,29,30)(H,32,37)(H,33,34)(H,35,36). The predicted octanol–water partition coefficient (Wildman–Crippen LogP) is 3.98. The Morgan fingerprint density at radius 3 is 2.33 bits per heavy atom. The molecule has 39 heavy (non-hydrogen) atoms. The molecule has 3 aromatic rings. The number of anilines is 2. The van der Waals surface area contributed by atoms with Gasteiger partial charge in [-0.2, -0.15) is 0 Å². The van der Waals surface area contributed by atoms with Crippen molar-refractivity contribution in [2.75, 3.05) is 23.8 Å². The molecular formula is C27H27ClN4O7. The Hall–Kier alpha value is -4.77. The lowest BCUT2D eigenvalue weighted by Gasteiger charge is -2.19. The molecule has 0 fully saturated rings. The van der Waals surface area contributed by atoms with Crippen molar-refractivity contribution in [2.24, 2.45) is 5.73 Å². The Bertz CT molecular complexity index is 1390. The molecule has 0 spiro atoms. The maximum Gasteiger partial charge on any atom is 0.341 e. The number of hydrogen-bond acceptors (Lipinski definition) is 7. The number of carbonyl (C=O) groups is 3. The van der Waals surface area contributed by atoms with Crippen molar-refractivity contribution >= 4 is 46.7 Å². The van der Waals surface area contributed by atoms with Gasteiger partial charge in [0.2, 0.25) is 0 Å². The van der Waals surface area contributed by atoms with Crippen LogP contribution in [0.4, 0.5) is 11.4 Å². The lowest BCUT2D eigenvalue weighted by molar-refractivity contribution is -0.139. The molecule has 0 unspecified atom stereocenters. The SMILES string of the molecule is CCOc1cc(CC(=O)O)cc(CNc2ccc(Cl)cc2C(=O)Nc2ccc(C(=N)N)cc2)c1OCC(=O)O. The molecule has 0 aromatic heterocycles. The third kappa shape index (κ3) is 8.11. The van der Waals surface area contributed by atoms with Crippen LogP contribution in [-0.4, -0.2) is 47.1 Å². The van der Waals surface area contributed by atoms with Crippen LogP contribution in [0.15, 0.2) is 54.6 Å². The summed E-state index contributed by atoms with van der Waals surface area (Å²) in [5, 5.41) is 32.1. The highest BCUT2D eigenvalue weighted by molar-refractivity contribution is 6.31. The number of aliphatic carboxylic acids is 2. The molecule has 0 atom stereocenters. The minimum Gasteiger partial charge on any atom is -0.490 e. The van der Waals surface area contributed by atoms with Gasteiger partial charge in [0.15, 0.2) is 18.1 Å². The molecule has 12 heteroatoms. The second-order valence-electron chi connectivity index (χ2n) is 8.26. The molecule has 0 saturated heterocycles. The maximum atomic E-state index is 13.1. The van der Waals surface area contributed by atoms with E-state index in [1.807, 2.05) is 0 Å². The highest BCUT2D eigenvalue weighted by atomic mass is 35.5. The summed E-state index contributed by atoms with van der Waals surface area (Å²) in [6, 6.07) is 14.2. The first-order chi connectivity index (χ1) is 18.6. The molecule has 3 aromatic carbocycles. The van der Waals surface area contributed by atoms with Crippen molar-refractivity contribution in [1.29, 1.82) is 5.41 Å². The fourth-order valence-corrected chi connectivity index (χ4v) is 3.84. The number of benzene rings is 3. The molecule has 7 N–H and O–H groups in total. The molecule has 0 heterocycles. The van der Waals surface area contributed by atoms with E-state index in [4.69, 9.17) is 37.3 Å². The topological polar surface area (TPSA) is 184 Å². The minimum atomic E-state index is -1.20. The van der Waals surface area contributed by atoms with Gasteiger partial charge in [-0.25, -0.2) is 4.79 Å². The van der Waals surface area contributed by atoms with E-state index in [1.165, 1.54) is 12.1 Å². The van der Waals surface area contributed by atoms with Crippen molar-refractivity contribution in [3.05, 3.63) is 81.9 Å². The van der Waals surface area contributed by atoms with Crippen molar-refractivity contribution in [3.63, 3.8) is 0 Å². The molecule has 0 saturated carbocycles. The molecule has 0 aliphatic rings. The van der Waals surface area contributed by atoms with Crippen LogP contribution in [0.3, 0.4) is 0 Å².